The molecule has 0 amide bonds. The highest BCUT2D eigenvalue weighted by Gasteiger charge is 2.23. The molecule has 1 unspecified atom stereocenters. The van der Waals surface area contributed by atoms with Gasteiger partial charge in [0, 0.05) is 15.5 Å². The van der Waals surface area contributed by atoms with E-state index in [0.717, 1.165) is 10.0 Å². The van der Waals surface area contributed by atoms with Crippen LogP contribution in [0.1, 0.15) is 5.56 Å². The van der Waals surface area contributed by atoms with Crippen LogP contribution >= 0.6 is 34.0 Å². The molecule has 2 aromatic rings. The molecule has 0 aliphatic carbocycles. The van der Waals surface area contributed by atoms with E-state index in [9.17, 15) is 0 Å². The zero-order valence-electron chi connectivity index (χ0n) is 10.4. The lowest BCUT2D eigenvalue weighted by Crippen LogP contribution is -1.95. The monoisotopic (exact) mass is 337 g/mol. The molecule has 1 aliphatic rings. The average molecular weight is 338 g/mol. The second-order valence-corrected chi connectivity index (χ2v) is 8.52. The number of benzene rings is 2. The molecule has 2 aromatic carbocycles. The van der Waals surface area contributed by atoms with Crippen LogP contribution in [-0.2, 0) is 9.93 Å². The molecular weight excluding hydrogens is 327 g/mol. The standard InChI is InChI=1S/C16H11Cl2S2/c17-14-3-1-12(2-4-14)13-9-10-20(19-11-13)16-7-5-15(18)6-8-16/h1-11H/q+1. The molecule has 1 aliphatic heterocycles. The summed E-state index contributed by atoms with van der Waals surface area (Å²) in [5.41, 5.74) is 2.42. The van der Waals surface area contributed by atoms with Crippen molar-refractivity contribution < 1.29 is 0 Å². The summed E-state index contributed by atoms with van der Waals surface area (Å²) in [7, 11) is 1.89. The van der Waals surface area contributed by atoms with E-state index in [4.69, 9.17) is 23.2 Å². The first kappa shape index (κ1) is 14.2. The summed E-state index contributed by atoms with van der Waals surface area (Å²) in [5, 5.41) is 6.00. The van der Waals surface area contributed by atoms with Gasteiger partial charge in [0.15, 0.2) is 4.90 Å². The van der Waals surface area contributed by atoms with Gasteiger partial charge in [-0.25, -0.2) is 0 Å². The normalized spacial score (nSPS) is 17.9. The van der Waals surface area contributed by atoms with Crippen molar-refractivity contribution >= 4 is 49.5 Å². The van der Waals surface area contributed by atoms with Crippen LogP contribution in [0.25, 0.3) is 5.57 Å². The average Bonchev–Trinajstić information content (AvgIpc) is 2.49. The van der Waals surface area contributed by atoms with E-state index in [1.807, 2.05) is 47.2 Å². The van der Waals surface area contributed by atoms with Crippen LogP contribution < -0.4 is 0 Å². The summed E-state index contributed by atoms with van der Waals surface area (Å²) in [5.74, 6) is 0. The van der Waals surface area contributed by atoms with Crippen molar-refractivity contribution in [3.8, 4) is 0 Å². The molecule has 3 rings (SSSR count). The lowest BCUT2D eigenvalue weighted by Gasteiger charge is -2.07. The van der Waals surface area contributed by atoms with Crippen molar-refractivity contribution in [1.29, 1.82) is 0 Å². The van der Waals surface area contributed by atoms with E-state index in [2.05, 4.69) is 29.0 Å². The zero-order chi connectivity index (χ0) is 13.9. The van der Waals surface area contributed by atoms with Crippen molar-refractivity contribution in [3.63, 3.8) is 0 Å². The van der Waals surface area contributed by atoms with Crippen molar-refractivity contribution in [1.82, 2.24) is 0 Å². The van der Waals surface area contributed by atoms with Crippen LogP contribution in [0.3, 0.4) is 0 Å². The third-order valence-corrected chi connectivity index (χ3v) is 6.88. The van der Waals surface area contributed by atoms with Gasteiger partial charge in [0.25, 0.3) is 0 Å². The minimum Gasteiger partial charge on any atom is -0.0843 e. The van der Waals surface area contributed by atoms with Crippen LogP contribution in [0.2, 0.25) is 10.0 Å². The Morgan fingerprint density at radius 3 is 1.95 bits per heavy atom. The lowest BCUT2D eigenvalue weighted by atomic mass is 10.1. The van der Waals surface area contributed by atoms with E-state index < -0.39 is 0 Å². The topological polar surface area (TPSA) is 0 Å². The highest BCUT2D eigenvalue weighted by Crippen LogP contribution is 2.36. The Hall–Kier alpha value is -0.800. The van der Waals surface area contributed by atoms with E-state index >= 15 is 0 Å². The molecule has 100 valence electrons. The quantitative estimate of drug-likeness (QED) is 0.465. The Balaban J connectivity index is 1.77. The summed E-state index contributed by atoms with van der Waals surface area (Å²) < 4.78 is 0. The second-order valence-electron chi connectivity index (χ2n) is 4.23. The van der Waals surface area contributed by atoms with E-state index in [1.54, 1.807) is 0 Å². The fourth-order valence-electron chi connectivity index (χ4n) is 1.82. The largest absolute Gasteiger partial charge is 0.173 e. The Morgan fingerprint density at radius 2 is 1.40 bits per heavy atom. The number of allylic oxidation sites excluding steroid dienone is 2. The maximum Gasteiger partial charge on any atom is 0.173 e. The molecule has 0 bridgehead atoms. The summed E-state index contributed by atoms with van der Waals surface area (Å²) in [6.07, 6.45) is 2.18. The predicted octanol–water partition coefficient (Wildman–Crippen LogP) is 6.19. The number of hydrogen-bond acceptors (Lipinski definition) is 1. The van der Waals surface area contributed by atoms with Crippen molar-refractivity contribution in [2.75, 3.05) is 0 Å². The molecule has 0 saturated heterocycles. The van der Waals surface area contributed by atoms with Gasteiger partial charge in [-0.15, -0.1) is 0 Å². The molecule has 0 N–H and O–H groups in total. The smallest absolute Gasteiger partial charge is 0.0843 e. The van der Waals surface area contributed by atoms with E-state index in [1.165, 1.54) is 16.0 Å². The third kappa shape index (κ3) is 3.26. The minimum absolute atomic E-state index is 0.0598. The molecule has 0 aromatic heterocycles. The van der Waals surface area contributed by atoms with Crippen molar-refractivity contribution in [3.05, 3.63) is 81.0 Å². The SMILES string of the molecule is Clc1ccc(C2=CS[S+](c3ccc(Cl)cc3)C=C2)cc1. The number of rotatable bonds is 2. The molecule has 0 radical (unpaired) electrons. The Bertz CT molecular complexity index is 658. The molecule has 0 nitrogen and oxygen atoms in total. The first-order valence-electron chi connectivity index (χ1n) is 6.02. The molecule has 20 heavy (non-hydrogen) atoms. The first-order valence-corrected chi connectivity index (χ1v) is 9.46. The van der Waals surface area contributed by atoms with Gasteiger partial charge in [0.2, 0.25) is 0 Å². The van der Waals surface area contributed by atoms with Crippen LogP contribution in [0.5, 0.6) is 0 Å². The zero-order valence-corrected chi connectivity index (χ0v) is 13.6. The van der Waals surface area contributed by atoms with Gasteiger partial charge in [-0.3, -0.25) is 0 Å². The van der Waals surface area contributed by atoms with Crippen molar-refractivity contribution in [2.24, 2.45) is 0 Å². The highest BCUT2D eigenvalue weighted by atomic mass is 35.5. The molecule has 1 heterocycles. The Labute approximate surface area is 135 Å². The molecule has 0 fully saturated rings. The number of halogens is 2. The predicted molar refractivity (Wildman–Crippen MR) is 93.2 cm³/mol. The van der Waals surface area contributed by atoms with Crippen LogP contribution in [0.4, 0.5) is 0 Å². The maximum absolute atomic E-state index is 5.92. The fraction of sp³-hybridized carbons (Fsp3) is 0. The van der Waals surface area contributed by atoms with Crippen LogP contribution in [0.15, 0.2) is 70.3 Å². The van der Waals surface area contributed by atoms with Crippen LogP contribution in [-0.4, -0.2) is 0 Å². The van der Waals surface area contributed by atoms with Gasteiger partial charge in [-0.1, -0.05) is 35.3 Å². The molecular formula is C16H11Cl2S2+. The number of hydrogen-bond donors (Lipinski definition) is 0. The van der Waals surface area contributed by atoms with Gasteiger partial charge in [-0.05, 0) is 53.6 Å². The van der Waals surface area contributed by atoms with Gasteiger partial charge in [0.05, 0.1) is 0 Å². The second kappa shape index (κ2) is 6.31. The van der Waals surface area contributed by atoms with Gasteiger partial charge < -0.3 is 0 Å². The van der Waals surface area contributed by atoms with Gasteiger partial charge in [0.1, 0.15) is 26.1 Å². The summed E-state index contributed by atoms with van der Waals surface area (Å²) in [6.45, 7) is 0. The minimum atomic E-state index is 0.0598. The lowest BCUT2D eigenvalue weighted by molar-refractivity contribution is 1.47. The molecule has 4 heteroatoms. The van der Waals surface area contributed by atoms with Gasteiger partial charge >= 0.3 is 0 Å². The third-order valence-electron chi connectivity index (χ3n) is 2.87. The van der Waals surface area contributed by atoms with E-state index in [-0.39, 0.29) is 9.93 Å². The fourth-order valence-corrected chi connectivity index (χ4v) is 5.15. The molecule has 0 spiro atoms. The summed E-state index contributed by atoms with van der Waals surface area (Å²) in [6, 6.07) is 16.0. The summed E-state index contributed by atoms with van der Waals surface area (Å²) >= 11 is 11.8. The maximum atomic E-state index is 5.92. The van der Waals surface area contributed by atoms with Gasteiger partial charge in [-0.2, -0.15) is 0 Å². The van der Waals surface area contributed by atoms with Crippen LogP contribution in [0, 0.1) is 0 Å². The summed E-state index contributed by atoms with van der Waals surface area (Å²) in [4.78, 5) is 1.29. The molecule has 1 atom stereocenters. The van der Waals surface area contributed by atoms with Crippen molar-refractivity contribution in [2.45, 2.75) is 4.90 Å². The molecule has 0 saturated carbocycles. The Kier molecular flexibility index (Phi) is 4.47. The first-order chi connectivity index (χ1) is 9.72. The Morgan fingerprint density at radius 1 is 0.800 bits per heavy atom. The highest BCUT2D eigenvalue weighted by molar-refractivity contribution is 8.76. The van der Waals surface area contributed by atoms with E-state index in [0.29, 0.717) is 0 Å².